The number of aliphatic hydroxyl groups is 2. The Morgan fingerprint density at radius 2 is 1.47 bits per heavy atom. The highest BCUT2D eigenvalue weighted by molar-refractivity contribution is 5.69. The SMILES string of the molecule is O=C(CCCCCO)OCCCCCO. The zero-order chi connectivity index (χ0) is 11.4. The van der Waals surface area contributed by atoms with E-state index in [9.17, 15) is 4.79 Å². The van der Waals surface area contributed by atoms with Crippen molar-refractivity contribution >= 4 is 5.97 Å². The zero-order valence-electron chi connectivity index (χ0n) is 9.28. The van der Waals surface area contributed by atoms with Crippen LogP contribution in [-0.2, 0) is 9.53 Å². The van der Waals surface area contributed by atoms with Crippen molar-refractivity contribution in [3.63, 3.8) is 0 Å². The number of carbonyl (C=O) groups is 1. The first kappa shape index (κ1) is 14.4. The number of aliphatic hydroxyl groups excluding tert-OH is 2. The summed E-state index contributed by atoms with van der Waals surface area (Å²) in [5.74, 6) is -0.156. The molecule has 0 aliphatic carbocycles. The molecular weight excluding hydrogens is 196 g/mol. The van der Waals surface area contributed by atoms with Gasteiger partial charge in [0.05, 0.1) is 6.61 Å². The van der Waals surface area contributed by atoms with E-state index < -0.39 is 0 Å². The normalized spacial score (nSPS) is 10.3. The maximum Gasteiger partial charge on any atom is 0.305 e. The molecule has 0 amide bonds. The van der Waals surface area contributed by atoms with Gasteiger partial charge in [0.25, 0.3) is 0 Å². The van der Waals surface area contributed by atoms with E-state index in [1.165, 1.54) is 0 Å². The van der Waals surface area contributed by atoms with E-state index in [-0.39, 0.29) is 19.2 Å². The van der Waals surface area contributed by atoms with E-state index in [2.05, 4.69) is 0 Å². The van der Waals surface area contributed by atoms with Gasteiger partial charge in [-0.2, -0.15) is 0 Å². The van der Waals surface area contributed by atoms with Crippen molar-refractivity contribution in [1.29, 1.82) is 0 Å². The van der Waals surface area contributed by atoms with E-state index in [0.29, 0.717) is 13.0 Å². The minimum Gasteiger partial charge on any atom is -0.466 e. The molecule has 15 heavy (non-hydrogen) atoms. The molecule has 0 bridgehead atoms. The Morgan fingerprint density at radius 3 is 2.07 bits per heavy atom. The summed E-state index contributed by atoms with van der Waals surface area (Å²) in [6, 6.07) is 0. The quantitative estimate of drug-likeness (QED) is 0.428. The third-order valence-corrected chi connectivity index (χ3v) is 2.10. The van der Waals surface area contributed by atoms with Gasteiger partial charge in [-0.3, -0.25) is 4.79 Å². The molecular formula is C11H22O4. The lowest BCUT2D eigenvalue weighted by molar-refractivity contribution is -0.143. The van der Waals surface area contributed by atoms with Gasteiger partial charge >= 0.3 is 5.97 Å². The lowest BCUT2D eigenvalue weighted by Crippen LogP contribution is -2.05. The molecule has 0 unspecified atom stereocenters. The van der Waals surface area contributed by atoms with Crippen LogP contribution in [0.1, 0.15) is 44.9 Å². The molecule has 0 saturated carbocycles. The predicted molar refractivity (Wildman–Crippen MR) is 57.4 cm³/mol. The minimum atomic E-state index is -0.156. The molecule has 0 aliphatic rings. The maximum atomic E-state index is 11.1. The first-order valence-electron chi connectivity index (χ1n) is 5.68. The van der Waals surface area contributed by atoms with Gasteiger partial charge < -0.3 is 14.9 Å². The van der Waals surface area contributed by atoms with Gasteiger partial charge in [0.2, 0.25) is 0 Å². The molecule has 0 heterocycles. The summed E-state index contributed by atoms with van der Waals surface area (Å²) in [6.45, 7) is 0.851. The van der Waals surface area contributed by atoms with Crippen molar-refractivity contribution in [3.8, 4) is 0 Å². The molecule has 0 atom stereocenters. The van der Waals surface area contributed by atoms with Crippen LogP contribution in [0.2, 0.25) is 0 Å². The summed E-state index contributed by atoms with van der Waals surface area (Å²) in [4.78, 5) is 11.1. The molecule has 4 heteroatoms. The van der Waals surface area contributed by atoms with E-state index in [4.69, 9.17) is 14.9 Å². The van der Waals surface area contributed by atoms with Crippen LogP contribution in [0.3, 0.4) is 0 Å². The minimum absolute atomic E-state index is 0.156. The highest BCUT2D eigenvalue weighted by Gasteiger charge is 2.01. The second kappa shape index (κ2) is 11.5. The number of rotatable bonds is 10. The number of carbonyl (C=O) groups excluding carboxylic acids is 1. The Hall–Kier alpha value is -0.610. The van der Waals surface area contributed by atoms with Gasteiger partial charge in [0.15, 0.2) is 0 Å². The van der Waals surface area contributed by atoms with Crippen LogP contribution >= 0.6 is 0 Å². The summed E-state index contributed by atoms with van der Waals surface area (Å²) < 4.78 is 4.99. The van der Waals surface area contributed by atoms with Crippen LogP contribution < -0.4 is 0 Å². The summed E-state index contributed by atoms with van der Waals surface area (Å²) >= 11 is 0. The summed E-state index contributed by atoms with van der Waals surface area (Å²) in [5.41, 5.74) is 0. The molecule has 0 aromatic carbocycles. The van der Waals surface area contributed by atoms with Crippen molar-refractivity contribution in [2.45, 2.75) is 44.9 Å². The van der Waals surface area contributed by atoms with Crippen molar-refractivity contribution < 1.29 is 19.7 Å². The average molecular weight is 218 g/mol. The van der Waals surface area contributed by atoms with E-state index >= 15 is 0 Å². The van der Waals surface area contributed by atoms with Crippen LogP contribution in [0, 0.1) is 0 Å². The Balaban J connectivity index is 3.11. The van der Waals surface area contributed by atoms with Crippen molar-refractivity contribution in [1.82, 2.24) is 0 Å². The molecule has 4 nitrogen and oxygen atoms in total. The fourth-order valence-electron chi connectivity index (χ4n) is 1.21. The Bertz CT molecular complexity index is 148. The average Bonchev–Trinajstić information content (AvgIpc) is 2.24. The summed E-state index contributed by atoms with van der Waals surface area (Å²) in [5, 5.41) is 17.0. The zero-order valence-corrected chi connectivity index (χ0v) is 9.28. The van der Waals surface area contributed by atoms with Crippen LogP contribution in [0.5, 0.6) is 0 Å². The summed E-state index contributed by atoms with van der Waals surface area (Å²) in [7, 11) is 0. The lowest BCUT2D eigenvalue weighted by atomic mass is 10.2. The van der Waals surface area contributed by atoms with Gasteiger partial charge in [0, 0.05) is 19.6 Å². The molecule has 0 aromatic heterocycles. The maximum absolute atomic E-state index is 11.1. The van der Waals surface area contributed by atoms with Crippen molar-refractivity contribution in [2.24, 2.45) is 0 Å². The fourth-order valence-corrected chi connectivity index (χ4v) is 1.21. The molecule has 0 aliphatic heterocycles. The van der Waals surface area contributed by atoms with Crippen molar-refractivity contribution in [3.05, 3.63) is 0 Å². The highest BCUT2D eigenvalue weighted by atomic mass is 16.5. The number of hydrogen-bond acceptors (Lipinski definition) is 4. The van der Waals surface area contributed by atoms with E-state index in [0.717, 1.165) is 38.5 Å². The van der Waals surface area contributed by atoms with Gasteiger partial charge in [-0.25, -0.2) is 0 Å². The van der Waals surface area contributed by atoms with Crippen LogP contribution in [0.15, 0.2) is 0 Å². The standard InChI is InChI=1S/C11H22O4/c12-8-4-1-3-7-11(14)15-10-6-2-5-9-13/h12-13H,1-10H2. The van der Waals surface area contributed by atoms with Crippen LogP contribution in [0.25, 0.3) is 0 Å². The highest BCUT2D eigenvalue weighted by Crippen LogP contribution is 2.02. The Labute approximate surface area is 91.3 Å². The first-order chi connectivity index (χ1) is 7.31. The smallest absolute Gasteiger partial charge is 0.305 e. The first-order valence-corrected chi connectivity index (χ1v) is 5.68. The summed E-state index contributed by atoms with van der Waals surface area (Å²) in [6.07, 6.45) is 5.35. The third kappa shape index (κ3) is 11.3. The predicted octanol–water partition coefficient (Wildman–Crippen LogP) is 1.24. The number of unbranched alkanes of at least 4 members (excludes halogenated alkanes) is 4. The molecule has 2 N–H and O–H groups in total. The van der Waals surface area contributed by atoms with Crippen LogP contribution in [0.4, 0.5) is 0 Å². The van der Waals surface area contributed by atoms with E-state index in [1.807, 2.05) is 0 Å². The monoisotopic (exact) mass is 218 g/mol. The van der Waals surface area contributed by atoms with Gasteiger partial charge in [-0.15, -0.1) is 0 Å². The number of ether oxygens (including phenoxy) is 1. The Morgan fingerprint density at radius 1 is 0.867 bits per heavy atom. The topological polar surface area (TPSA) is 66.8 Å². The fraction of sp³-hybridized carbons (Fsp3) is 0.909. The van der Waals surface area contributed by atoms with Crippen LogP contribution in [-0.4, -0.2) is 36.0 Å². The molecule has 0 radical (unpaired) electrons. The molecule has 0 aromatic rings. The van der Waals surface area contributed by atoms with Gasteiger partial charge in [-0.05, 0) is 32.1 Å². The van der Waals surface area contributed by atoms with Gasteiger partial charge in [0.1, 0.15) is 0 Å². The molecule has 0 saturated heterocycles. The molecule has 0 rings (SSSR count). The second-order valence-corrected chi connectivity index (χ2v) is 3.54. The second-order valence-electron chi connectivity index (χ2n) is 3.54. The molecule has 90 valence electrons. The largest absolute Gasteiger partial charge is 0.466 e. The van der Waals surface area contributed by atoms with E-state index in [1.54, 1.807) is 0 Å². The third-order valence-electron chi connectivity index (χ3n) is 2.10. The Kier molecular flexibility index (Phi) is 11.0. The van der Waals surface area contributed by atoms with Gasteiger partial charge in [-0.1, -0.05) is 6.42 Å². The molecule has 0 fully saturated rings. The van der Waals surface area contributed by atoms with Crippen molar-refractivity contribution in [2.75, 3.05) is 19.8 Å². The number of hydrogen-bond donors (Lipinski definition) is 2. The lowest BCUT2D eigenvalue weighted by Gasteiger charge is -2.03. The number of esters is 1. The molecule has 0 spiro atoms.